The Labute approximate surface area is 532 Å². The summed E-state index contributed by atoms with van der Waals surface area (Å²) >= 11 is 0. The van der Waals surface area contributed by atoms with Crippen LogP contribution in [0.3, 0.4) is 0 Å². The molecule has 0 aromatic heterocycles. The maximum absolute atomic E-state index is 5.94. The Morgan fingerprint density at radius 1 is 0.274 bits per heavy atom. The van der Waals surface area contributed by atoms with Crippen molar-refractivity contribution in [1.82, 2.24) is 0 Å². The molecule has 0 radical (unpaired) electrons. The van der Waals surface area contributed by atoms with Crippen molar-refractivity contribution >= 4 is 33.6 Å². The molecule has 10 rings (SSSR count). The third-order valence-electron chi connectivity index (χ3n) is 16.5. The van der Waals surface area contributed by atoms with Crippen LogP contribution in [-0.2, 0) is 21.1 Å². The molecule has 0 spiro atoms. The molecule has 438 valence electrons. The molecule has 9 aromatic carbocycles. The Morgan fingerprint density at radius 3 is 0.726 bits per heavy atom. The number of rotatable bonds is 14. The molecule has 0 N–H and O–H groups in total. The molecule has 1 aliphatic carbocycles. The molecule has 0 fully saturated rings. The van der Waals surface area contributed by atoms with E-state index in [1.54, 1.807) is 0 Å². The summed E-state index contributed by atoms with van der Waals surface area (Å²) in [7, 11) is 0. The van der Waals surface area contributed by atoms with Crippen molar-refractivity contribution in [2.45, 2.75) is 165 Å². The third kappa shape index (κ3) is 14.1. The Bertz CT molecular complexity index is 3300. The van der Waals surface area contributed by atoms with Gasteiger partial charge in [0.2, 0.25) is 0 Å². The fraction of sp³-hybridized carbons (Fsp3) is 0.316. The van der Waals surface area contributed by atoms with Gasteiger partial charge < -0.3 is 24.8 Å². The first-order chi connectivity index (χ1) is 38.7. The van der Waals surface area contributed by atoms with Gasteiger partial charge in [0.15, 0.2) is 0 Å². The number of aliphatic imine (C=N–C) groups is 2. The van der Waals surface area contributed by atoms with Gasteiger partial charge in [0.05, 0.1) is 22.8 Å². The van der Waals surface area contributed by atoms with Crippen molar-refractivity contribution in [2.75, 3.05) is 0 Å². The van der Waals surface area contributed by atoms with Crippen LogP contribution in [0.15, 0.2) is 186 Å². The Morgan fingerprint density at radius 2 is 0.512 bits per heavy atom. The fourth-order valence-corrected chi connectivity index (χ4v) is 12.5. The van der Waals surface area contributed by atoms with Crippen molar-refractivity contribution in [3.05, 3.63) is 237 Å². The fourth-order valence-electron chi connectivity index (χ4n) is 12.5. The molecule has 9 aromatic rings. The van der Waals surface area contributed by atoms with E-state index in [1.165, 1.54) is 105 Å². The van der Waals surface area contributed by atoms with E-state index in [-0.39, 0.29) is 45.9 Å². The second-order valence-corrected chi connectivity index (χ2v) is 25.3. The van der Waals surface area contributed by atoms with Crippen LogP contribution in [0, 0.1) is 6.92 Å². The quantitative estimate of drug-likeness (QED) is 0.104. The smallest absolute Gasteiger partial charge is 1.00 e. The number of aryl methyl sites for hydroxylation is 1. The number of benzene rings is 9. The second kappa shape index (κ2) is 28.8. The van der Waals surface area contributed by atoms with E-state index < -0.39 is 0 Å². The van der Waals surface area contributed by atoms with E-state index in [1.807, 2.05) is 18.2 Å². The van der Waals surface area contributed by atoms with Gasteiger partial charge in [-0.15, -0.1) is 0 Å². The molecule has 0 saturated heterocycles. The van der Waals surface area contributed by atoms with E-state index in [0.717, 1.165) is 33.9 Å². The summed E-state index contributed by atoms with van der Waals surface area (Å²) in [5, 5.41) is 2.40. The van der Waals surface area contributed by atoms with Gasteiger partial charge in [-0.1, -0.05) is 256 Å². The number of halogens is 2. The Hall–Kier alpha value is -6.15. The van der Waals surface area contributed by atoms with Crippen LogP contribution in [0.4, 0.5) is 11.4 Å². The molecule has 0 aliphatic heterocycles. The van der Waals surface area contributed by atoms with E-state index in [0.29, 0.717) is 47.3 Å². The minimum absolute atomic E-state index is 0. The topological polar surface area (TPSA) is 24.7 Å². The zero-order valence-corrected chi connectivity index (χ0v) is 56.6. The maximum Gasteiger partial charge on any atom is 2.00 e. The van der Waals surface area contributed by atoms with E-state index in [2.05, 4.69) is 275 Å². The van der Waals surface area contributed by atoms with Crippen LogP contribution in [-0.4, -0.2) is 11.4 Å². The average Bonchev–Trinajstić information content (AvgIpc) is 3.90. The van der Waals surface area contributed by atoms with E-state index in [9.17, 15) is 0 Å². The first-order valence-electron chi connectivity index (χ1n) is 30.3. The molecule has 5 heteroatoms. The molecule has 0 saturated carbocycles. The SMILES string of the molecule is CC(C)c1cccc(C(C)C)c1-c1cc(N=C2C(=Nc3cc(-c4c(C(C)C)cccc4C(C)C)cc(-c4c(C(C)C)cccc4C(C)C)c3)c3cccc4cccc2c34)cc(-c2c(C(C)C)cccc2C(C)C)c1.Cc1ccccc1.[Cl-].[Cl-].[Pt+2]. The number of hydrogen-bond acceptors (Lipinski definition) is 2. The van der Waals surface area contributed by atoms with Crippen LogP contribution >= 0.6 is 0 Å². The van der Waals surface area contributed by atoms with Crippen LogP contribution in [0.25, 0.3) is 55.3 Å². The summed E-state index contributed by atoms with van der Waals surface area (Å²) in [5.74, 6) is 2.71. The molecule has 0 bridgehead atoms. The summed E-state index contributed by atoms with van der Waals surface area (Å²) in [6.07, 6.45) is 0. The second-order valence-electron chi connectivity index (χ2n) is 25.3. The zero-order chi connectivity index (χ0) is 58.0. The van der Waals surface area contributed by atoms with Crippen LogP contribution in [0.5, 0.6) is 0 Å². The van der Waals surface area contributed by atoms with Crippen LogP contribution < -0.4 is 24.8 Å². The first kappa shape index (κ1) is 67.0. The van der Waals surface area contributed by atoms with Gasteiger partial charge in [-0.3, -0.25) is 0 Å². The summed E-state index contributed by atoms with van der Waals surface area (Å²) in [6.45, 7) is 39.3. The van der Waals surface area contributed by atoms with E-state index in [4.69, 9.17) is 9.98 Å². The number of nitrogens with zero attached hydrogens (tertiary/aromatic N) is 2. The maximum atomic E-state index is 5.94. The standard InChI is InChI=1S/C72H80N2.C7H8.2ClH.Pt/c1-41(2)56-25-19-26-57(42(3)4)67(56)50-35-51(68-58(43(5)6)27-20-28-59(68)44(7)8)38-54(37-50)73-71-64-33-17-23-49-24-18-34-65(66(49)64)72(71)74-55-39-52(69-60(45(9)10)29-21-30-61(69)46(11)12)36-53(40-55)70-62(47(13)14)31-22-32-63(70)48(15)16;1-7-5-3-2-4-6-7;;;/h17-48H,1-16H3;2-6H,1H3;2*1H;/q;;;;+2/p-2. The van der Waals surface area contributed by atoms with Gasteiger partial charge in [0.25, 0.3) is 0 Å². The average molecular weight is 1330 g/mol. The predicted octanol–water partition coefficient (Wildman–Crippen LogP) is 17.8. The molecule has 0 atom stereocenters. The molecule has 0 amide bonds. The normalized spacial score (nSPS) is 13.0. The zero-order valence-electron chi connectivity index (χ0n) is 52.8. The van der Waals surface area contributed by atoms with Crippen LogP contribution in [0.1, 0.15) is 219 Å². The van der Waals surface area contributed by atoms with Crippen molar-refractivity contribution in [3.8, 4) is 44.5 Å². The third-order valence-corrected chi connectivity index (χ3v) is 16.5. The molecule has 84 heavy (non-hydrogen) atoms. The minimum Gasteiger partial charge on any atom is -1.00 e. The Balaban J connectivity index is 0.00000105. The first-order valence-corrected chi connectivity index (χ1v) is 30.3. The molecule has 2 nitrogen and oxygen atoms in total. The molecular weight excluding hydrogens is 1240 g/mol. The van der Waals surface area contributed by atoms with Crippen molar-refractivity contribution in [3.63, 3.8) is 0 Å². The largest absolute Gasteiger partial charge is 2.00 e. The summed E-state index contributed by atoms with van der Waals surface area (Å²) in [6, 6.07) is 65.7. The molecule has 1 aliphatic rings. The molecular formula is C79H88Cl2N2Pt. The molecule has 0 unspecified atom stereocenters. The van der Waals surface area contributed by atoms with Gasteiger partial charge >= 0.3 is 21.1 Å². The Kier molecular flexibility index (Phi) is 23.0. The monoisotopic (exact) mass is 1330 g/mol. The van der Waals surface area contributed by atoms with Gasteiger partial charge in [0, 0.05) is 16.5 Å². The summed E-state index contributed by atoms with van der Waals surface area (Å²) in [5.41, 5.74) is 28.3. The summed E-state index contributed by atoms with van der Waals surface area (Å²) in [4.78, 5) is 11.9. The predicted molar refractivity (Wildman–Crippen MR) is 355 cm³/mol. The van der Waals surface area contributed by atoms with Gasteiger partial charge in [-0.05, 0) is 185 Å². The number of hydrogen-bond donors (Lipinski definition) is 0. The van der Waals surface area contributed by atoms with E-state index >= 15 is 0 Å². The van der Waals surface area contributed by atoms with Crippen molar-refractivity contribution in [2.24, 2.45) is 9.98 Å². The van der Waals surface area contributed by atoms with Gasteiger partial charge in [-0.2, -0.15) is 0 Å². The minimum atomic E-state index is 0. The van der Waals surface area contributed by atoms with Crippen molar-refractivity contribution < 1.29 is 45.9 Å². The van der Waals surface area contributed by atoms with Gasteiger partial charge in [-0.25, -0.2) is 9.98 Å². The van der Waals surface area contributed by atoms with Crippen molar-refractivity contribution in [1.29, 1.82) is 0 Å². The van der Waals surface area contributed by atoms with Gasteiger partial charge in [0.1, 0.15) is 0 Å². The molecule has 0 heterocycles. The van der Waals surface area contributed by atoms with Crippen LogP contribution in [0.2, 0.25) is 0 Å². The summed E-state index contributed by atoms with van der Waals surface area (Å²) < 4.78 is 0.